The number of para-hydroxylation sites is 1. The maximum Gasteiger partial charge on any atom is 0.280 e. The van der Waals surface area contributed by atoms with Crippen LogP contribution in [-0.2, 0) is 4.79 Å². The lowest BCUT2D eigenvalue weighted by Crippen LogP contribution is -2.21. The van der Waals surface area contributed by atoms with Crippen molar-refractivity contribution in [1.82, 2.24) is 0 Å². The maximum atomic E-state index is 12.6. The molecular weight excluding hydrogens is 344 g/mol. The third-order valence-corrected chi connectivity index (χ3v) is 3.85. The molecule has 110 valence electrons. The number of nitrogens with zero attached hydrogens (tertiary/aromatic N) is 2. The first-order chi connectivity index (χ1) is 10.6. The number of hydrogen-bond donors (Lipinski definition) is 1. The van der Waals surface area contributed by atoms with Gasteiger partial charge in [0.2, 0.25) is 0 Å². The second-order valence-electron chi connectivity index (χ2n) is 4.90. The average molecular weight is 357 g/mol. The molecule has 0 atom stereocenters. The van der Waals surface area contributed by atoms with E-state index in [1.807, 2.05) is 30.3 Å². The molecule has 0 aromatic heterocycles. The number of halogens is 1. The minimum absolute atomic E-state index is 0.120. The highest BCUT2D eigenvalue weighted by atomic mass is 79.9. The first kappa shape index (κ1) is 14.5. The molecule has 1 amide bonds. The van der Waals surface area contributed by atoms with E-state index in [1.165, 1.54) is 5.01 Å². The number of benzene rings is 2. The van der Waals surface area contributed by atoms with E-state index in [0.29, 0.717) is 22.5 Å². The van der Waals surface area contributed by atoms with Crippen molar-refractivity contribution >= 4 is 39.3 Å². The lowest BCUT2D eigenvalue weighted by Gasteiger charge is -2.11. The number of phenols is 1. The Hall–Kier alpha value is -2.40. The van der Waals surface area contributed by atoms with Crippen molar-refractivity contribution in [1.29, 1.82) is 0 Å². The number of anilines is 1. The molecule has 0 unspecified atom stereocenters. The van der Waals surface area contributed by atoms with Crippen LogP contribution in [0.5, 0.6) is 5.75 Å². The molecule has 5 heteroatoms. The highest BCUT2D eigenvalue weighted by molar-refractivity contribution is 9.10. The first-order valence-electron chi connectivity index (χ1n) is 6.71. The molecule has 2 aromatic carbocycles. The SMILES string of the molecule is CC1=NN(c2ccccc2)C(=O)/C1=C/c1cc(Br)ccc1O. The maximum absolute atomic E-state index is 12.6. The van der Waals surface area contributed by atoms with Crippen LogP contribution in [0.1, 0.15) is 12.5 Å². The molecule has 0 aliphatic carbocycles. The van der Waals surface area contributed by atoms with Crippen molar-refractivity contribution in [2.75, 3.05) is 5.01 Å². The van der Waals surface area contributed by atoms with Crippen molar-refractivity contribution < 1.29 is 9.90 Å². The van der Waals surface area contributed by atoms with E-state index in [4.69, 9.17) is 0 Å². The van der Waals surface area contributed by atoms with Crippen molar-refractivity contribution in [3.05, 3.63) is 64.1 Å². The normalized spacial score (nSPS) is 16.3. The fraction of sp³-hybridized carbons (Fsp3) is 0.0588. The van der Waals surface area contributed by atoms with E-state index in [9.17, 15) is 9.90 Å². The topological polar surface area (TPSA) is 52.9 Å². The van der Waals surface area contributed by atoms with E-state index in [2.05, 4.69) is 21.0 Å². The van der Waals surface area contributed by atoms with Crippen LogP contribution in [0.2, 0.25) is 0 Å². The van der Waals surface area contributed by atoms with Gasteiger partial charge in [0.1, 0.15) is 5.75 Å². The Morgan fingerprint density at radius 2 is 1.91 bits per heavy atom. The Morgan fingerprint density at radius 1 is 1.18 bits per heavy atom. The van der Waals surface area contributed by atoms with Crippen molar-refractivity contribution in [2.45, 2.75) is 6.92 Å². The molecule has 22 heavy (non-hydrogen) atoms. The van der Waals surface area contributed by atoms with Gasteiger partial charge in [-0.2, -0.15) is 10.1 Å². The highest BCUT2D eigenvalue weighted by Crippen LogP contribution is 2.28. The minimum atomic E-state index is -0.205. The number of aromatic hydroxyl groups is 1. The standard InChI is InChI=1S/C17H13BrN2O2/c1-11-15(10-12-9-13(18)7-8-16(12)21)17(22)20(19-11)14-5-3-2-4-6-14/h2-10,21H,1H3/b15-10+. The summed E-state index contributed by atoms with van der Waals surface area (Å²) >= 11 is 3.36. The number of amides is 1. The molecule has 0 radical (unpaired) electrons. The largest absolute Gasteiger partial charge is 0.507 e. The van der Waals surface area contributed by atoms with E-state index in [0.717, 1.165) is 4.47 Å². The van der Waals surface area contributed by atoms with E-state index in [-0.39, 0.29) is 11.7 Å². The van der Waals surface area contributed by atoms with Gasteiger partial charge >= 0.3 is 0 Å². The zero-order valence-corrected chi connectivity index (χ0v) is 13.4. The van der Waals surface area contributed by atoms with Gasteiger partial charge in [-0.15, -0.1) is 0 Å². The van der Waals surface area contributed by atoms with E-state index < -0.39 is 0 Å². The molecule has 1 aliphatic rings. The van der Waals surface area contributed by atoms with E-state index >= 15 is 0 Å². The fourth-order valence-electron chi connectivity index (χ4n) is 2.22. The van der Waals surface area contributed by atoms with Gasteiger partial charge in [0.15, 0.2) is 0 Å². The predicted octanol–water partition coefficient (Wildman–Crippen LogP) is 3.96. The van der Waals surface area contributed by atoms with Gasteiger partial charge in [-0.05, 0) is 43.3 Å². The van der Waals surface area contributed by atoms with Crippen LogP contribution >= 0.6 is 15.9 Å². The van der Waals surface area contributed by atoms with Crippen molar-refractivity contribution in [3.63, 3.8) is 0 Å². The zero-order chi connectivity index (χ0) is 15.7. The molecule has 4 nitrogen and oxygen atoms in total. The molecule has 1 heterocycles. The molecule has 3 rings (SSSR count). The number of rotatable bonds is 2. The third kappa shape index (κ3) is 2.67. The summed E-state index contributed by atoms with van der Waals surface area (Å²) in [4.78, 5) is 12.6. The number of carbonyl (C=O) groups excluding carboxylic acids is 1. The summed E-state index contributed by atoms with van der Waals surface area (Å²) < 4.78 is 0.831. The zero-order valence-electron chi connectivity index (χ0n) is 11.8. The summed E-state index contributed by atoms with van der Waals surface area (Å²) in [6.45, 7) is 1.78. The van der Waals surface area contributed by atoms with Crippen LogP contribution in [0, 0.1) is 0 Å². The molecule has 0 saturated heterocycles. The van der Waals surface area contributed by atoms with Gasteiger partial charge < -0.3 is 5.11 Å². The summed E-state index contributed by atoms with van der Waals surface area (Å²) in [6, 6.07) is 14.3. The second kappa shape index (κ2) is 5.77. The lowest BCUT2D eigenvalue weighted by molar-refractivity contribution is -0.114. The quantitative estimate of drug-likeness (QED) is 0.828. The molecule has 0 spiro atoms. The summed E-state index contributed by atoms with van der Waals surface area (Å²) in [7, 11) is 0. The monoisotopic (exact) mass is 356 g/mol. The number of hydrogen-bond acceptors (Lipinski definition) is 3. The van der Waals surface area contributed by atoms with Gasteiger partial charge in [-0.25, -0.2) is 0 Å². The Labute approximate surface area is 136 Å². The van der Waals surface area contributed by atoms with Crippen molar-refractivity contribution in [3.8, 4) is 5.75 Å². The molecule has 1 aliphatic heterocycles. The Kier molecular flexibility index (Phi) is 3.81. The van der Waals surface area contributed by atoms with Crippen molar-refractivity contribution in [2.24, 2.45) is 5.10 Å². The number of carbonyl (C=O) groups is 1. The van der Waals surface area contributed by atoms with Crippen LogP contribution in [0.4, 0.5) is 5.69 Å². The van der Waals surface area contributed by atoms with Gasteiger partial charge in [0.05, 0.1) is 17.0 Å². The lowest BCUT2D eigenvalue weighted by atomic mass is 10.1. The molecule has 0 bridgehead atoms. The molecule has 2 aromatic rings. The smallest absolute Gasteiger partial charge is 0.280 e. The Bertz CT molecular complexity index is 798. The molecule has 0 saturated carbocycles. The van der Waals surface area contributed by atoms with Crippen LogP contribution in [0.3, 0.4) is 0 Å². The molecular formula is C17H13BrN2O2. The van der Waals surface area contributed by atoms with Crippen LogP contribution in [0.25, 0.3) is 6.08 Å². The summed E-state index contributed by atoms with van der Waals surface area (Å²) in [5.41, 5.74) is 2.38. The van der Waals surface area contributed by atoms with Gasteiger partial charge in [-0.3, -0.25) is 4.79 Å². The third-order valence-electron chi connectivity index (χ3n) is 3.35. The second-order valence-corrected chi connectivity index (χ2v) is 5.81. The van der Waals surface area contributed by atoms with Gasteiger partial charge in [-0.1, -0.05) is 34.1 Å². The summed E-state index contributed by atoms with van der Waals surface area (Å²) in [5, 5.41) is 15.6. The first-order valence-corrected chi connectivity index (χ1v) is 7.51. The summed E-state index contributed by atoms with van der Waals surface area (Å²) in [6.07, 6.45) is 1.66. The fourth-order valence-corrected chi connectivity index (χ4v) is 2.60. The number of phenolic OH excluding ortho intramolecular Hbond substituents is 1. The molecule has 1 N–H and O–H groups in total. The van der Waals surface area contributed by atoms with Crippen LogP contribution in [-0.4, -0.2) is 16.7 Å². The van der Waals surface area contributed by atoms with E-state index in [1.54, 1.807) is 31.2 Å². The minimum Gasteiger partial charge on any atom is -0.507 e. The van der Waals surface area contributed by atoms with Gasteiger partial charge in [0, 0.05) is 10.0 Å². The Balaban J connectivity index is 2.00. The average Bonchev–Trinajstić information content (AvgIpc) is 2.80. The van der Waals surface area contributed by atoms with Crippen LogP contribution in [0.15, 0.2) is 63.7 Å². The van der Waals surface area contributed by atoms with Crippen LogP contribution < -0.4 is 5.01 Å². The number of hydrazone groups is 1. The summed E-state index contributed by atoms with van der Waals surface area (Å²) in [5.74, 6) is -0.0856. The molecule has 0 fully saturated rings. The predicted molar refractivity (Wildman–Crippen MR) is 90.8 cm³/mol. The highest BCUT2D eigenvalue weighted by Gasteiger charge is 2.28. The van der Waals surface area contributed by atoms with Gasteiger partial charge in [0.25, 0.3) is 5.91 Å². The Morgan fingerprint density at radius 3 is 2.64 bits per heavy atom.